The van der Waals surface area contributed by atoms with E-state index in [1.165, 1.54) is 12.8 Å². The molecule has 1 aliphatic rings. The molecule has 14 heavy (non-hydrogen) atoms. The molecule has 2 N–H and O–H groups in total. The maximum Gasteiger partial charge on any atom is 0.221 e. The van der Waals surface area contributed by atoms with Crippen molar-refractivity contribution in [2.24, 2.45) is 5.92 Å². The molecule has 1 fully saturated rings. The Morgan fingerprint density at radius 1 is 1.36 bits per heavy atom. The number of aryl methyl sites for hydroxylation is 1. The van der Waals surface area contributed by atoms with Gasteiger partial charge in [0.2, 0.25) is 5.88 Å². The normalized spacial score (nSPS) is 15.6. The van der Waals surface area contributed by atoms with Crippen molar-refractivity contribution in [3.63, 3.8) is 0 Å². The summed E-state index contributed by atoms with van der Waals surface area (Å²) in [6.45, 7) is 4.47. The van der Waals surface area contributed by atoms with Crippen molar-refractivity contribution >= 4 is 5.82 Å². The van der Waals surface area contributed by atoms with Gasteiger partial charge in [-0.3, -0.25) is 0 Å². The first kappa shape index (κ1) is 9.24. The molecule has 4 heteroatoms. The summed E-state index contributed by atoms with van der Waals surface area (Å²) in [6.07, 6.45) is 2.55. The summed E-state index contributed by atoms with van der Waals surface area (Å²) < 4.78 is 5.59. The molecule has 1 aromatic heterocycles. The van der Waals surface area contributed by atoms with Gasteiger partial charge in [0.25, 0.3) is 0 Å². The number of ether oxygens (including phenoxy) is 1. The minimum atomic E-state index is 0.517. The Labute approximate surface area is 83.5 Å². The number of nitrogen functional groups attached to an aromatic ring is 1. The van der Waals surface area contributed by atoms with Crippen LogP contribution in [0.5, 0.6) is 5.88 Å². The maximum absolute atomic E-state index is 5.71. The fourth-order valence-electron chi connectivity index (χ4n) is 1.25. The van der Waals surface area contributed by atoms with E-state index < -0.39 is 0 Å². The van der Waals surface area contributed by atoms with Gasteiger partial charge in [0.15, 0.2) is 0 Å². The molecule has 0 atom stereocenters. The molecule has 1 aromatic rings. The SMILES string of the molecule is Cc1nc(N)c(C)c(OCC2CC2)n1. The first-order valence-corrected chi connectivity index (χ1v) is 4.90. The highest BCUT2D eigenvalue weighted by atomic mass is 16.5. The average molecular weight is 193 g/mol. The Kier molecular flexibility index (Phi) is 2.27. The lowest BCUT2D eigenvalue weighted by Gasteiger charge is -2.09. The highest BCUT2D eigenvalue weighted by Gasteiger charge is 2.22. The summed E-state index contributed by atoms with van der Waals surface area (Å²) in [4.78, 5) is 8.28. The Balaban J connectivity index is 2.13. The Bertz CT molecular complexity index is 347. The molecule has 76 valence electrons. The zero-order chi connectivity index (χ0) is 10.1. The number of hydrogen-bond acceptors (Lipinski definition) is 4. The average Bonchev–Trinajstić information content (AvgIpc) is 2.92. The molecule has 2 rings (SSSR count). The molecule has 0 unspecified atom stereocenters. The van der Waals surface area contributed by atoms with Crippen LogP contribution in [-0.2, 0) is 0 Å². The molecule has 0 aliphatic heterocycles. The molecular weight excluding hydrogens is 178 g/mol. The molecule has 0 amide bonds. The highest BCUT2D eigenvalue weighted by Crippen LogP contribution is 2.30. The number of anilines is 1. The Morgan fingerprint density at radius 2 is 2.07 bits per heavy atom. The standard InChI is InChI=1S/C10H15N3O/c1-6-9(11)12-7(2)13-10(6)14-5-8-3-4-8/h8H,3-5H2,1-2H3,(H2,11,12,13). The van der Waals surface area contributed by atoms with Gasteiger partial charge < -0.3 is 10.5 Å². The van der Waals surface area contributed by atoms with Crippen LogP contribution in [0.15, 0.2) is 0 Å². The van der Waals surface area contributed by atoms with Gasteiger partial charge in [-0.1, -0.05) is 0 Å². The first-order valence-electron chi connectivity index (χ1n) is 4.90. The van der Waals surface area contributed by atoms with Crippen molar-refractivity contribution in [2.75, 3.05) is 12.3 Å². The Morgan fingerprint density at radius 3 is 2.71 bits per heavy atom. The molecule has 0 saturated heterocycles. The molecule has 1 saturated carbocycles. The fourth-order valence-corrected chi connectivity index (χ4v) is 1.25. The van der Waals surface area contributed by atoms with Gasteiger partial charge in [-0.2, -0.15) is 4.98 Å². The van der Waals surface area contributed by atoms with Gasteiger partial charge in [0.1, 0.15) is 11.6 Å². The summed E-state index contributed by atoms with van der Waals surface area (Å²) >= 11 is 0. The zero-order valence-corrected chi connectivity index (χ0v) is 8.58. The summed E-state index contributed by atoms with van der Waals surface area (Å²) in [5.41, 5.74) is 6.56. The van der Waals surface area contributed by atoms with E-state index in [4.69, 9.17) is 10.5 Å². The third kappa shape index (κ3) is 1.95. The first-order chi connectivity index (χ1) is 6.66. The van der Waals surface area contributed by atoms with E-state index in [-0.39, 0.29) is 0 Å². The summed E-state index contributed by atoms with van der Waals surface area (Å²) in [7, 11) is 0. The lowest BCUT2D eigenvalue weighted by atomic mass is 10.3. The number of nitrogens with zero attached hydrogens (tertiary/aromatic N) is 2. The van der Waals surface area contributed by atoms with Crippen molar-refractivity contribution < 1.29 is 4.74 Å². The third-order valence-electron chi connectivity index (χ3n) is 2.40. The number of rotatable bonds is 3. The second-order valence-electron chi connectivity index (χ2n) is 3.84. The fraction of sp³-hybridized carbons (Fsp3) is 0.600. The van der Waals surface area contributed by atoms with E-state index in [0.717, 1.165) is 18.1 Å². The van der Waals surface area contributed by atoms with Crippen molar-refractivity contribution in [3.05, 3.63) is 11.4 Å². The summed E-state index contributed by atoms with van der Waals surface area (Å²) in [6, 6.07) is 0. The van der Waals surface area contributed by atoms with E-state index in [1.807, 2.05) is 13.8 Å². The molecule has 0 radical (unpaired) electrons. The molecule has 1 heterocycles. The third-order valence-corrected chi connectivity index (χ3v) is 2.40. The van der Waals surface area contributed by atoms with Crippen LogP contribution in [0.3, 0.4) is 0 Å². The maximum atomic E-state index is 5.71. The smallest absolute Gasteiger partial charge is 0.221 e. The molecule has 0 bridgehead atoms. The molecule has 1 aliphatic carbocycles. The van der Waals surface area contributed by atoms with Gasteiger partial charge in [0, 0.05) is 0 Å². The van der Waals surface area contributed by atoms with Crippen LogP contribution in [-0.4, -0.2) is 16.6 Å². The molecule has 0 aromatic carbocycles. The van der Waals surface area contributed by atoms with Gasteiger partial charge in [-0.05, 0) is 32.6 Å². The van der Waals surface area contributed by atoms with Crippen molar-refractivity contribution in [1.82, 2.24) is 9.97 Å². The second kappa shape index (κ2) is 3.44. The van der Waals surface area contributed by atoms with Crippen LogP contribution in [0.25, 0.3) is 0 Å². The van der Waals surface area contributed by atoms with Crippen LogP contribution < -0.4 is 10.5 Å². The second-order valence-corrected chi connectivity index (χ2v) is 3.84. The van der Waals surface area contributed by atoms with Gasteiger partial charge in [-0.15, -0.1) is 0 Å². The number of nitrogens with two attached hydrogens (primary N) is 1. The van der Waals surface area contributed by atoms with Crippen LogP contribution in [0.2, 0.25) is 0 Å². The highest BCUT2D eigenvalue weighted by molar-refractivity contribution is 5.44. The van der Waals surface area contributed by atoms with E-state index in [2.05, 4.69) is 9.97 Å². The predicted molar refractivity (Wildman–Crippen MR) is 54.1 cm³/mol. The Hall–Kier alpha value is -1.32. The monoisotopic (exact) mass is 193 g/mol. The molecular formula is C10H15N3O. The minimum Gasteiger partial charge on any atom is -0.477 e. The summed E-state index contributed by atoms with van der Waals surface area (Å²) in [5, 5.41) is 0. The quantitative estimate of drug-likeness (QED) is 0.789. The van der Waals surface area contributed by atoms with Crippen LogP contribution in [0.4, 0.5) is 5.82 Å². The van der Waals surface area contributed by atoms with E-state index >= 15 is 0 Å². The van der Waals surface area contributed by atoms with E-state index in [1.54, 1.807) is 0 Å². The lowest BCUT2D eigenvalue weighted by Crippen LogP contribution is -2.07. The topological polar surface area (TPSA) is 61.0 Å². The lowest BCUT2D eigenvalue weighted by molar-refractivity contribution is 0.285. The largest absolute Gasteiger partial charge is 0.477 e. The van der Waals surface area contributed by atoms with Gasteiger partial charge >= 0.3 is 0 Å². The van der Waals surface area contributed by atoms with E-state index in [9.17, 15) is 0 Å². The molecule has 0 spiro atoms. The zero-order valence-electron chi connectivity index (χ0n) is 8.58. The van der Waals surface area contributed by atoms with Crippen molar-refractivity contribution in [1.29, 1.82) is 0 Å². The van der Waals surface area contributed by atoms with Gasteiger partial charge in [-0.25, -0.2) is 4.98 Å². The van der Waals surface area contributed by atoms with Crippen molar-refractivity contribution in [2.45, 2.75) is 26.7 Å². The van der Waals surface area contributed by atoms with Crippen molar-refractivity contribution in [3.8, 4) is 5.88 Å². The van der Waals surface area contributed by atoms with Gasteiger partial charge in [0.05, 0.1) is 12.2 Å². The number of hydrogen-bond donors (Lipinski definition) is 1. The molecule has 4 nitrogen and oxygen atoms in total. The van der Waals surface area contributed by atoms with Crippen LogP contribution in [0.1, 0.15) is 24.2 Å². The van der Waals surface area contributed by atoms with Crippen LogP contribution >= 0.6 is 0 Å². The van der Waals surface area contributed by atoms with E-state index in [0.29, 0.717) is 17.5 Å². The number of aromatic nitrogens is 2. The van der Waals surface area contributed by atoms with Crippen LogP contribution in [0, 0.1) is 19.8 Å². The minimum absolute atomic E-state index is 0.517. The summed E-state index contributed by atoms with van der Waals surface area (Å²) in [5.74, 6) is 2.55. The predicted octanol–water partition coefficient (Wildman–Crippen LogP) is 1.46.